The molecule has 0 amide bonds. The van der Waals surface area contributed by atoms with Gasteiger partial charge in [-0.1, -0.05) is 42.5 Å². The molecule has 0 unspecified atom stereocenters. The molecular weight excluding hydrogens is 260 g/mol. The highest BCUT2D eigenvalue weighted by atomic mass is 16.5. The van der Waals surface area contributed by atoms with Crippen molar-refractivity contribution in [2.75, 3.05) is 11.5 Å². The van der Waals surface area contributed by atoms with E-state index in [0.29, 0.717) is 17.1 Å². The zero-order valence-corrected chi connectivity index (χ0v) is 11.5. The van der Waals surface area contributed by atoms with Gasteiger partial charge in [0.25, 0.3) is 0 Å². The number of benzene rings is 3. The molecule has 0 spiro atoms. The maximum atomic E-state index is 5.97. The first kappa shape index (κ1) is 13.1. The van der Waals surface area contributed by atoms with Crippen molar-refractivity contribution in [3.8, 4) is 22.6 Å². The molecule has 3 rings (SSSR count). The zero-order valence-electron chi connectivity index (χ0n) is 11.5. The predicted molar refractivity (Wildman–Crippen MR) is 87.2 cm³/mol. The van der Waals surface area contributed by atoms with E-state index in [-0.39, 0.29) is 0 Å². The lowest BCUT2D eigenvalue weighted by molar-refractivity contribution is 0.487. The highest BCUT2D eigenvalue weighted by Crippen LogP contribution is 2.36. The van der Waals surface area contributed by atoms with Crippen LogP contribution in [0, 0.1) is 0 Å². The monoisotopic (exact) mass is 276 g/mol. The largest absolute Gasteiger partial charge is 0.455 e. The minimum atomic E-state index is 0.605. The fourth-order valence-electron chi connectivity index (χ4n) is 2.17. The summed E-state index contributed by atoms with van der Waals surface area (Å²) in [7, 11) is 0. The van der Waals surface area contributed by atoms with Crippen LogP contribution in [0.2, 0.25) is 0 Å². The second-order valence-electron chi connectivity index (χ2n) is 4.76. The molecule has 3 heteroatoms. The number of rotatable bonds is 3. The molecule has 0 atom stereocenters. The molecule has 0 aliphatic rings. The van der Waals surface area contributed by atoms with Crippen molar-refractivity contribution in [2.45, 2.75) is 0 Å². The molecule has 3 aromatic rings. The Labute approximate surface area is 123 Å². The van der Waals surface area contributed by atoms with Crippen molar-refractivity contribution in [1.82, 2.24) is 0 Å². The Morgan fingerprint density at radius 1 is 0.667 bits per heavy atom. The van der Waals surface area contributed by atoms with Crippen molar-refractivity contribution in [3.05, 3.63) is 72.8 Å². The molecule has 4 N–H and O–H groups in total. The van der Waals surface area contributed by atoms with Gasteiger partial charge in [0.05, 0.1) is 5.69 Å². The fourth-order valence-corrected chi connectivity index (χ4v) is 2.17. The Bertz CT molecular complexity index is 754. The van der Waals surface area contributed by atoms with Gasteiger partial charge in [0, 0.05) is 11.3 Å². The van der Waals surface area contributed by atoms with Crippen LogP contribution in [0.1, 0.15) is 0 Å². The fraction of sp³-hybridized carbons (Fsp3) is 0. The number of hydrogen-bond donors (Lipinski definition) is 2. The van der Waals surface area contributed by atoms with E-state index in [1.54, 1.807) is 0 Å². The number of nitrogen functional groups attached to an aromatic ring is 2. The zero-order chi connectivity index (χ0) is 14.7. The minimum Gasteiger partial charge on any atom is -0.455 e. The van der Waals surface area contributed by atoms with Crippen LogP contribution < -0.4 is 16.2 Å². The molecular formula is C18H16N2O. The van der Waals surface area contributed by atoms with Crippen LogP contribution in [-0.2, 0) is 0 Å². The van der Waals surface area contributed by atoms with Gasteiger partial charge in [-0.25, -0.2) is 0 Å². The third-order valence-electron chi connectivity index (χ3n) is 3.23. The average Bonchev–Trinajstić information content (AvgIpc) is 2.52. The maximum absolute atomic E-state index is 5.97. The highest BCUT2D eigenvalue weighted by molar-refractivity contribution is 5.74. The molecule has 0 saturated heterocycles. The quantitative estimate of drug-likeness (QED) is 0.701. The van der Waals surface area contributed by atoms with Crippen molar-refractivity contribution in [3.63, 3.8) is 0 Å². The third kappa shape index (κ3) is 2.82. The van der Waals surface area contributed by atoms with E-state index in [1.165, 1.54) is 0 Å². The Morgan fingerprint density at radius 3 is 2.14 bits per heavy atom. The first-order chi connectivity index (χ1) is 10.2. The van der Waals surface area contributed by atoms with Crippen molar-refractivity contribution >= 4 is 11.4 Å². The second-order valence-corrected chi connectivity index (χ2v) is 4.76. The van der Waals surface area contributed by atoms with E-state index >= 15 is 0 Å². The van der Waals surface area contributed by atoms with E-state index in [9.17, 15) is 0 Å². The third-order valence-corrected chi connectivity index (χ3v) is 3.23. The Balaban J connectivity index is 2.05. The topological polar surface area (TPSA) is 61.3 Å². The van der Waals surface area contributed by atoms with Crippen LogP contribution in [-0.4, -0.2) is 0 Å². The molecule has 0 aliphatic heterocycles. The number of para-hydroxylation sites is 2. The van der Waals surface area contributed by atoms with Gasteiger partial charge in [0.2, 0.25) is 0 Å². The summed E-state index contributed by atoms with van der Waals surface area (Å²) in [6, 6.07) is 23.0. The summed E-state index contributed by atoms with van der Waals surface area (Å²) in [6.07, 6.45) is 0. The van der Waals surface area contributed by atoms with Gasteiger partial charge in [0.1, 0.15) is 11.5 Å². The van der Waals surface area contributed by atoms with Crippen LogP contribution in [0.3, 0.4) is 0 Å². The first-order valence-corrected chi connectivity index (χ1v) is 6.71. The Morgan fingerprint density at radius 2 is 1.38 bits per heavy atom. The van der Waals surface area contributed by atoms with E-state index < -0.39 is 0 Å². The molecule has 0 aliphatic carbocycles. The Hall–Kier alpha value is -2.94. The summed E-state index contributed by atoms with van der Waals surface area (Å²) in [4.78, 5) is 0. The van der Waals surface area contributed by atoms with E-state index in [0.717, 1.165) is 16.9 Å². The van der Waals surface area contributed by atoms with E-state index in [1.807, 2.05) is 72.8 Å². The van der Waals surface area contributed by atoms with E-state index in [2.05, 4.69) is 0 Å². The van der Waals surface area contributed by atoms with Gasteiger partial charge in [-0.05, 0) is 35.9 Å². The number of nitrogens with two attached hydrogens (primary N) is 2. The second kappa shape index (κ2) is 5.59. The molecule has 0 fully saturated rings. The summed E-state index contributed by atoms with van der Waals surface area (Å²) in [5.41, 5.74) is 15.1. The smallest absolute Gasteiger partial charge is 0.150 e. The molecule has 3 nitrogen and oxygen atoms in total. The molecule has 3 aromatic carbocycles. The van der Waals surface area contributed by atoms with Gasteiger partial charge < -0.3 is 16.2 Å². The van der Waals surface area contributed by atoms with Crippen LogP contribution in [0.5, 0.6) is 11.5 Å². The summed E-state index contributed by atoms with van der Waals surface area (Å²) >= 11 is 0. The van der Waals surface area contributed by atoms with Gasteiger partial charge in [-0.15, -0.1) is 0 Å². The number of hydrogen-bond acceptors (Lipinski definition) is 3. The average molecular weight is 276 g/mol. The molecule has 0 bridgehead atoms. The van der Waals surface area contributed by atoms with Gasteiger partial charge in [-0.3, -0.25) is 0 Å². The van der Waals surface area contributed by atoms with Crippen LogP contribution >= 0.6 is 0 Å². The highest BCUT2D eigenvalue weighted by Gasteiger charge is 2.09. The van der Waals surface area contributed by atoms with E-state index in [4.69, 9.17) is 16.2 Å². The minimum absolute atomic E-state index is 0.605. The van der Waals surface area contributed by atoms with Gasteiger partial charge >= 0.3 is 0 Å². The lowest BCUT2D eigenvalue weighted by atomic mass is 10.0. The van der Waals surface area contributed by atoms with Crippen molar-refractivity contribution in [2.24, 2.45) is 0 Å². The Kier molecular flexibility index (Phi) is 3.48. The van der Waals surface area contributed by atoms with Gasteiger partial charge in [0.15, 0.2) is 0 Å². The summed E-state index contributed by atoms with van der Waals surface area (Å²) < 4.78 is 5.97. The molecule has 0 heterocycles. The summed E-state index contributed by atoms with van der Waals surface area (Å²) in [5.74, 6) is 1.37. The van der Waals surface area contributed by atoms with Crippen molar-refractivity contribution < 1.29 is 4.74 Å². The lowest BCUT2D eigenvalue weighted by Gasteiger charge is -2.13. The predicted octanol–water partition coefficient (Wildman–Crippen LogP) is 4.31. The van der Waals surface area contributed by atoms with Crippen LogP contribution in [0.25, 0.3) is 11.1 Å². The molecule has 21 heavy (non-hydrogen) atoms. The molecule has 0 saturated carbocycles. The molecule has 0 radical (unpaired) electrons. The SMILES string of the molecule is Nc1ccc(Oc2ccccc2N)c(-c2ccccc2)c1. The maximum Gasteiger partial charge on any atom is 0.150 e. The lowest BCUT2D eigenvalue weighted by Crippen LogP contribution is -1.94. The van der Waals surface area contributed by atoms with Crippen LogP contribution in [0.4, 0.5) is 11.4 Å². The van der Waals surface area contributed by atoms with Crippen LogP contribution in [0.15, 0.2) is 72.8 Å². The van der Waals surface area contributed by atoms with Crippen molar-refractivity contribution in [1.29, 1.82) is 0 Å². The first-order valence-electron chi connectivity index (χ1n) is 6.71. The summed E-state index contributed by atoms with van der Waals surface area (Å²) in [5, 5.41) is 0. The standard InChI is InChI=1S/C18H16N2O/c19-14-10-11-17(21-18-9-5-4-8-16(18)20)15(12-14)13-6-2-1-3-7-13/h1-12H,19-20H2. The number of ether oxygens (including phenoxy) is 1. The van der Waals surface area contributed by atoms with Gasteiger partial charge in [-0.2, -0.15) is 0 Å². The normalized spacial score (nSPS) is 10.3. The molecule has 0 aromatic heterocycles. The number of anilines is 2. The summed E-state index contributed by atoms with van der Waals surface area (Å²) in [6.45, 7) is 0. The molecule has 104 valence electrons.